The topological polar surface area (TPSA) is 12.0 Å². The van der Waals surface area contributed by atoms with Crippen molar-refractivity contribution >= 4 is 11.6 Å². The van der Waals surface area contributed by atoms with E-state index in [1.807, 2.05) is 12.1 Å². The van der Waals surface area contributed by atoms with Gasteiger partial charge in [0, 0.05) is 10.6 Å². The normalized spacial score (nSPS) is 26.9. The van der Waals surface area contributed by atoms with Gasteiger partial charge in [-0.05, 0) is 44.0 Å². The van der Waals surface area contributed by atoms with Gasteiger partial charge in [0.2, 0.25) is 0 Å². The van der Waals surface area contributed by atoms with E-state index in [9.17, 15) is 0 Å². The Morgan fingerprint density at radius 3 is 2.46 bits per heavy atom. The zero-order chi connectivity index (χ0) is 9.31. The van der Waals surface area contributed by atoms with Crippen molar-refractivity contribution in [3.8, 4) is 0 Å². The molecule has 1 aliphatic heterocycles. The maximum atomic E-state index is 5.82. The molecule has 1 unspecified atom stereocenters. The van der Waals surface area contributed by atoms with Crippen LogP contribution in [0.4, 0.5) is 0 Å². The maximum Gasteiger partial charge on any atom is 0.0406 e. The lowest BCUT2D eigenvalue weighted by atomic mass is 9.84. The Balaban J connectivity index is 2.05. The molecule has 0 radical (unpaired) electrons. The number of benzene rings is 1. The van der Waals surface area contributed by atoms with Crippen LogP contribution in [0.15, 0.2) is 24.3 Å². The third-order valence-electron chi connectivity index (χ3n) is 2.74. The summed E-state index contributed by atoms with van der Waals surface area (Å²) in [6.07, 6.45) is 2.37. The second kappa shape index (κ2) is 3.32. The van der Waals surface area contributed by atoms with Crippen LogP contribution in [0, 0.1) is 0 Å². The highest BCUT2D eigenvalue weighted by Crippen LogP contribution is 2.23. The minimum absolute atomic E-state index is 0.327. The van der Waals surface area contributed by atoms with E-state index in [-0.39, 0.29) is 0 Å². The Hall–Kier alpha value is -0.530. The summed E-state index contributed by atoms with van der Waals surface area (Å²) in [5, 5.41) is 4.27. The molecule has 2 rings (SSSR count). The van der Waals surface area contributed by atoms with E-state index < -0.39 is 0 Å². The molecule has 1 atom stereocenters. The summed E-state index contributed by atoms with van der Waals surface area (Å²) in [7, 11) is 0. The predicted molar refractivity (Wildman–Crippen MR) is 56.2 cm³/mol. The van der Waals surface area contributed by atoms with Crippen molar-refractivity contribution in [2.75, 3.05) is 6.54 Å². The van der Waals surface area contributed by atoms with Gasteiger partial charge in [-0.3, -0.25) is 0 Å². The number of hydrogen-bond acceptors (Lipinski definition) is 1. The predicted octanol–water partition coefficient (Wildman–Crippen LogP) is 2.63. The van der Waals surface area contributed by atoms with Gasteiger partial charge in [-0.1, -0.05) is 23.7 Å². The second-order valence-electron chi connectivity index (χ2n) is 4.04. The van der Waals surface area contributed by atoms with Crippen molar-refractivity contribution in [2.24, 2.45) is 0 Å². The van der Waals surface area contributed by atoms with E-state index in [0.29, 0.717) is 5.54 Å². The first-order chi connectivity index (χ1) is 6.18. The lowest BCUT2D eigenvalue weighted by Crippen LogP contribution is -2.55. The highest BCUT2D eigenvalue weighted by atomic mass is 35.5. The van der Waals surface area contributed by atoms with Gasteiger partial charge in [-0.15, -0.1) is 0 Å². The zero-order valence-electron chi connectivity index (χ0n) is 7.81. The summed E-state index contributed by atoms with van der Waals surface area (Å²) in [5.74, 6) is 0. The minimum atomic E-state index is 0.327. The van der Waals surface area contributed by atoms with Crippen molar-refractivity contribution in [2.45, 2.75) is 25.3 Å². The fourth-order valence-electron chi connectivity index (χ4n) is 1.76. The van der Waals surface area contributed by atoms with Crippen LogP contribution in [-0.4, -0.2) is 12.1 Å². The number of halogens is 1. The van der Waals surface area contributed by atoms with Gasteiger partial charge >= 0.3 is 0 Å². The Kier molecular flexibility index (Phi) is 2.31. The molecule has 70 valence electrons. The van der Waals surface area contributed by atoms with Gasteiger partial charge in [0.05, 0.1) is 0 Å². The van der Waals surface area contributed by atoms with Crippen molar-refractivity contribution in [3.05, 3.63) is 34.9 Å². The Labute approximate surface area is 84.1 Å². The van der Waals surface area contributed by atoms with Crippen LogP contribution in [0.1, 0.15) is 18.9 Å². The Bertz CT molecular complexity index is 287. The molecule has 1 N–H and O–H groups in total. The molecule has 13 heavy (non-hydrogen) atoms. The highest BCUT2D eigenvalue weighted by Gasteiger charge is 2.30. The molecule has 0 amide bonds. The molecule has 1 heterocycles. The van der Waals surface area contributed by atoms with Crippen LogP contribution in [0.3, 0.4) is 0 Å². The summed E-state index contributed by atoms with van der Waals surface area (Å²) in [4.78, 5) is 0. The summed E-state index contributed by atoms with van der Waals surface area (Å²) in [5.41, 5.74) is 1.69. The lowest BCUT2D eigenvalue weighted by Gasteiger charge is -2.40. The molecule has 0 aliphatic carbocycles. The summed E-state index contributed by atoms with van der Waals surface area (Å²) in [6.45, 7) is 3.43. The molecule has 0 aromatic heterocycles. The average molecular weight is 196 g/mol. The summed E-state index contributed by atoms with van der Waals surface area (Å²) in [6, 6.07) is 8.12. The van der Waals surface area contributed by atoms with Gasteiger partial charge < -0.3 is 5.32 Å². The van der Waals surface area contributed by atoms with Crippen LogP contribution in [0.2, 0.25) is 5.02 Å². The van der Waals surface area contributed by atoms with Crippen LogP contribution in [-0.2, 0) is 6.42 Å². The zero-order valence-corrected chi connectivity index (χ0v) is 8.56. The van der Waals surface area contributed by atoms with Gasteiger partial charge in [0.15, 0.2) is 0 Å². The minimum Gasteiger partial charge on any atom is -0.311 e. The smallest absolute Gasteiger partial charge is 0.0406 e. The molecule has 1 fully saturated rings. The van der Waals surface area contributed by atoms with E-state index in [4.69, 9.17) is 11.6 Å². The lowest BCUT2D eigenvalue weighted by molar-refractivity contribution is 0.231. The molecular formula is C11H14ClN. The third-order valence-corrected chi connectivity index (χ3v) is 2.99. The van der Waals surface area contributed by atoms with Crippen molar-refractivity contribution in [1.29, 1.82) is 0 Å². The first-order valence-corrected chi connectivity index (χ1v) is 5.05. The SMILES string of the molecule is CC1(Cc2ccc(Cl)cc2)CCN1. The molecular weight excluding hydrogens is 182 g/mol. The maximum absolute atomic E-state index is 5.82. The average Bonchev–Trinajstić information content (AvgIpc) is 2.06. The molecule has 0 saturated carbocycles. The van der Waals surface area contributed by atoms with Crippen LogP contribution in [0.5, 0.6) is 0 Å². The highest BCUT2D eigenvalue weighted by molar-refractivity contribution is 6.30. The van der Waals surface area contributed by atoms with Crippen molar-refractivity contribution in [1.82, 2.24) is 5.32 Å². The molecule has 0 bridgehead atoms. The summed E-state index contributed by atoms with van der Waals surface area (Å²) >= 11 is 5.82. The largest absolute Gasteiger partial charge is 0.311 e. The number of nitrogens with one attached hydrogen (secondary N) is 1. The molecule has 1 aliphatic rings. The monoisotopic (exact) mass is 195 g/mol. The van der Waals surface area contributed by atoms with Gasteiger partial charge in [0.1, 0.15) is 0 Å². The molecule has 0 spiro atoms. The molecule has 1 aromatic carbocycles. The van der Waals surface area contributed by atoms with E-state index in [0.717, 1.165) is 18.0 Å². The van der Waals surface area contributed by atoms with Crippen LogP contribution < -0.4 is 5.32 Å². The first kappa shape index (κ1) is 9.04. The fraction of sp³-hybridized carbons (Fsp3) is 0.455. The Morgan fingerprint density at radius 2 is 2.00 bits per heavy atom. The quantitative estimate of drug-likeness (QED) is 0.765. The van der Waals surface area contributed by atoms with Gasteiger partial charge in [-0.25, -0.2) is 0 Å². The van der Waals surface area contributed by atoms with Crippen LogP contribution >= 0.6 is 11.6 Å². The molecule has 1 aromatic rings. The third kappa shape index (κ3) is 2.04. The molecule has 1 nitrogen and oxygen atoms in total. The number of hydrogen-bond donors (Lipinski definition) is 1. The van der Waals surface area contributed by atoms with Crippen LogP contribution in [0.25, 0.3) is 0 Å². The number of rotatable bonds is 2. The van der Waals surface area contributed by atoms with Gasteiger partial charge in [-0.2, -0.15) is 0 Å². The first-order valence-electron chi connectivity index (χ1n) is 4.67. The fourth-order valence-corrected chi connectivity index (χ4v) is 1.88. The van der Waals surface area contributed by atoms with E-state index >= 15 is 0 Å². The van der Waals surface area contributed by atoms with E-state index in [1.165, 1.54) is 12.0 Å². The molecule has 1 saturated heterocycles. The second-order valence-corrected chi connectivity index (χ2v) is 4.48. The van der Waals surface area contributed by atoms with Crippen molar-refractivity contribution < 1.29 is 0 Å². The van der Waals surface area contributed by atoms with E-state index in [2.05, 4.69) is 24.4 Å². The standard InChI is InChI=1S/C11H14ClN/c1-11(6-7-13-11)8-9-2-4-10(12)5-3-9/h2-5,13H,6-8H2,1H3. The Morgan fingerprint density at radius 1 is 1.38 bits per heavy atom. The molecule has 2 heteroatoms. The van der Waals surface area contributed by atoms with E-state index in [1.54, 1.807) is 0 Å². The van der Waals surface area contributed by atoms with Crippen molar-refractivity contribution in [3.63, 3.8) is 0 Å². The summed E-state index contributed by atoms with van der Waals surface area (Å²) < 4.78 is 0. The van der Waals surface area contributed by atoms with Gasteiger partial charge in [0.25, 0.3) is 0 Å².